The first kappa shape index (κ1) is 24.8. The number of thioether (sulfide) groups is 1. The predicted molar refractivity (Wildman–Crippen MR) is 131 cm³/mol. The largest absolute Gasteiger partial charge is 0.497 e. The molecule has 34 heavy (non-hydrogen) atoms. The van der Waals surface area contributed by atoms with Gasteiger partial charge in [-0.2, -0.15) is 0 Å². The molecule has 0 aliphatic carbocycles. The molecular weight excluding hydrogens is 456 g/mol. The Hall–Kier alpha value is -2.30. The van der Waals surface area contributed by atoms with Crippen LogP contribution in [0.5, 0.6) is 11.5 Å². The average molecular weight is 489 g/mol. The molecule has 1 N–H and O–H groups in total. The average Bonchev–Trinajstić information content (AvgIpc) is 3.31. The molecule has 2 aromatic rings. The van der Waals surface area contributed by atoms with Gasteiger partial charge in [0.1, 0.15) is 41.3 Å². The lowest BCUT2D eigenvalue weighted by Gasteiger charge is -2.42. The Bertz CT molecular complexity index is 953. The van der Waals surface area contributed by atoms with Crippen molar-refractivity contribution in [2.75, 3.05) is 34.9 Å². The van der Waals surface area contributed by atoms with Crippen LogP contribution in [0.2, 0.25) is 0 Å². The number of ether oxygens (including phenoxy) is 5. The van der Waals surface area contributed by atoms with E-state index in [-0.39, 0.29) is 24.2 Å². The van der Waals surface area contributed by atoms with E-state index in [1.54, 1.807) is 26.0 Å². The van der Waals surface area contributed by atoms with E-state index in [1.165, 1.54) is 0 Å². The summed E-state index contributed by atoms with van der Waals surface area (Å²) in [6.45, 7) is 0.568. The first-order valence-corrected chi connectivity index (χ1v) is 12.1. The Morgan fingerprint density at radius 1 is 0.882 bits per heavy atom. The van der Waals surface area contributed by atoms with Gasteiger partial charge in [-0.05, 0) is 35.4 Å². The fourth-order valence-corrected chi connectivity index (χ4v) is 5.13. The zero-order valence-corrected chi connectivity index (χ0v) is 20.7. The van der Waals surface area contributed by atoms with E-state index in [9.17, 15) is 5.11 Å². The molecule has 2 aromatic carbocycles. The molecule has 2 heterocycles. The Balaban J connectivity index is 1.53. The summed E-state index contributed by atoms with van der Waals surface area (Å²) >= 11 is 1.55. The molecule has 0 saturated carbocycles. The van der Waals surface area contributed by atoms with Crippen molar-refractivity contribution in [3.63, 3.8) is 0 Å². The van der Waals surface area contributed by atoms with E-state index in [2.05, 4.69) is 0 Å². The zero-order valence-electron chi connectivity index (χ0n) is 19.9. The summed E-state index contributed by atoms with van der Waals surface area (Å²) in [5.41, 5.74) is 1.77. The summed E-state index contributed by atoms with van der Waals surface area (Å²) in [4.78, 5) is 6.85. The molecule has 8 nitrogen and oxygen atoms in total. The van der Waals surface area contributed by atoms with Crippen molar-refractivity contribution in [2.24, 2.45) is 4.99 Å². The minimum absolute atomic E-state index is 0.170. The molecule has 1 saturated heterocycles. The highest BCUT2D eigenvalue weighted by atomic mass is 32.2. The lowest BCUT2D eigenvalue weighted by atomic mass is 9.97. The summed E-state index contributed by atoms with van der Waals surface area (Å²) < 4.78 is 29.5. The smallest absolute Gasteiger partial charge is 0.161 e. The second kappa shape index (κ2) is 11.4. The summed E-state index contributed by atoms with van der Waals surface area (Å²) in [6.07, 6.45) is -1.40. The van der Waals surface area contributed by atoms with Crippen LogP contribution in [0.15, 0.2) is 53.5 Å². The highest BCUT2D eigenvalue weighted by molar-refractivity contribution is 8.14. The highest BCUT2D eigenvalue weighted by Gasteiger charge is 2.50. The third kappa shape index (κ3) is 5.67. The molecule has 0 unspecified atom stereocenters. The normalized spacial score (nSPS) is 26.0. The van der Waals surface area contributed by atoms with Crippen LogP contribution in [0.25, 0.3) is 0 Å². The number of benzene rings is 2. The SMILES string of the molecule is COc1ccc(CO[C@@H]2[C@H]3N=C(N(C)C)S[C@H]3O[C@H](CO)[C@@H]2OCc2ccc(OC)cc2)cc1. The van der Waals surface area contributed by atoms with Crippen molar-refractivity contribution in [2.45, 2.75) is 43.0 Å². The fraction of sp³-hybridized carbons (Fsp3) is 0.480. The molecule has 184 valence electrons. The molecule has 2 aliphatic rings. The first-order chi connectivity index (χ1) is 16.5. The van der Waals surface area contributed by atoms with E-state index in [1.807, 2.05) is 67.5 Å². The standard InChI is InChI=1S/C25H32N2O6S/c1-27(2)25-26-21-23(32-15-17-7-11-19(30-4)12-8-17)22(20(13-28)33-24(21)34-25)31-14-16-5-9-18(29-3)10-6-16/h5-12,20-24,28H,13-15H2,1-4H3/t20-,21-,22+,23-,24-/m1/s1. The molecular formula is C25H32N2O6S. The predicted octanol–water partition coefficient (Wildman–Crippen LogP) is 2.92. The second-order valence-electron chi connectivity index (χ2n) is 8.39. The van der Waals surface area contributed by atoms with Gasteiger partial charge in [0.15, 0.2) is 5.17 Å². The molecule has 0 aromatic heterocycles. The third-order valence-electron chi connectivity index (χ3n) is 5.86. The van der Waals surface area contributed by atoms with Crippen molar-refractivity contribution >= 4 is 16.9 Å². The summed E-state index contributed by atoms with van der Waals surface area (Å²) in [5.74, 6) is 1.58. The second-order valence-corrected chi connectivity index (χ2v) is 9.45. The molecule has 5 atom stereocenters. The van der Waals surface area contributed by atoms with Gasteiger partial charge in [-0.1, -0.05) is 36.0 Å². The van der Waals surface area contributed by atoms with Crippen LogP contribution in [0.4, 0.5) is 0 Å². The van der Waals surface area contributed by atoms with Gasteiger partial charge in [-0.15, -0.1) is 0 Å². The number of fused-ring (bicyclic) bond motifs is 1. The topological polar surface area (TPSA) is 82.0 Å². The van der Waals surface area contributed by atoms with Crippen LogP contribution in [0.1, 0.15) is 11.1 Å². The Kier molecular flexibility index (Phi) is 8.33. The van der Waals surface area contributed by atoms with Crippen molar-refractivity contribution in [1.82, 2.24) is 4.90 Å². The number of nitrogens with zero attached hydrogens (tertiary/aromatic N) is 2. The highest BCUT2D eigenvalue weighted by Crippen LogP contribution is 2.39. The lowest BCUT2D eigenvalue weighted by Crippen LogP contribution is -2.57. The Morgan fingerprint density at radius 2 is 1.41 bits per heavy atom. The maximum absolute atomic E-state index is 10.1. The molecule has 4 rings (SSSR count). The van der Waals surface area contributed by atoms with Crippen LogP contribution < -0.4 is 9.47 Å². The molecule has 0 spiro atoms. The van der Waals surface area contributed by atoms with Crippen molar-refractivity contribution in [3.8, 4) is 11.5 Å². The number of aliphatic hydroxyl groups is 1. The van der Waals surface area contributed by atoms with Gasteiger partial charge in [-0.25, -0.2) is 0 Å². The Labute approximate surface area is 204 Å². The fourth-order valence-electron chi connectivity index (χ4n) is 3.98. The van der Waals surface area contributed by atoms with Gasteiger partial charge in [0, 0.05) is 14.1 Å². The number of aliphatic hydroxyl groups excluding tert-OH is 1. The van der Waals surface area contributed by atoms with Crippen molar-refractivity contribution in [3.05, 3.63) is 59.7 Å². The number of rotatable bonds is 9. The molecule has 1 fully saturated rings. The van der Waals surface area contributed by atoms with E-state index in [0.29, 0.717) is 13.2 Å². The van der Waals surface area contributed by atoms with Gasteiger partial charge < -0.3 is 33.7 Å². The molecule has 9 heteroatoms. The maximum Gasteiger partial charge on any atom is 0.161 e. The van der Waals surface area contributed by atoms with E-state index in [4.69, 9.17) is 28.7 Å². The maximum atomic E-state index is 10.1. The summed E-state index contributed by atoms with van der Waals surface area (Å²) in [5, 5.41) is 11.0. The van der Waals surface area contributed by atoms with Gasteiger partial charge >= 0.3 is 0 Å². The van der Waals surface area contributed by atoms with Gasteiger partial charge in [0.2, 0.25) is 0 Å². The third-order valence-corrected chi connectivity index (χ3v) is 7.16. The number of methoxy groups -OCH3 is 2. The first-order valence-electron chi connectivity index (χ1n) is 11.2. The quantitative estimate of drug-likeness (QED) is 0.577. The Morgan fingerprint density at radius 3 is 1.88 bits per heavy atom. The van der Waals surface area contributed by atoms with E-state index < -0.39 is 12.2 Å². The van der Waals surface area contributed by atoms with Gasteiger partial charge in [0.05, 0.1) is 34.0 Å². The molecule has 0 amide bonds. The molecule has 2 aliphatic heterocycles. The zero-order chi connectivity index (χ0) is 24.1. The van der Waals surface area contributed by atoms with Gasteiger partial charge in [0.25, 0.3) is 0 Å². The monoisotopic (exact) mass is 488 g/mol. The summed E-state index contributed by atoms with van der Waals surface area (Å²) in [7, 11) is 7.20. The van der Waals surface area contributed by atoms with Gasteiger partial charge in [-0.3, -0.25) is 4.99 Å². The van der Waals surface area contributed by atoms with E-state index >= 15 is 0 Å². The minimum atomic E-state index is -0.524. The number of hydrogen-bond acceptors (Lipinski definition) is 9. The van der Waals surface area contributed by atoms with E-state index in [0.717, 1.165) is 27.8 Å². The molecule has 0 bridgehead atoms. The van der Waals surface area contributed by atoms with Crippen LogP contribution in [-0.4, -0.2) is 79.9 Å². The van der Waals surface area contributed by atoms with Crippen molar-refractivity contribution in [1.29, 1.82) is 0 Å². The summed E-state index contributed by atoms with van der Waals surface area (Å²) in [6, 6.07) is 15.2. The molecule has 0 radical (unpaired) electrons. The van der Waals surface area contributed by atoms with Crippen LogP contribution >= 0.6 is 11.8 Å². The van der Waals surface area contributed by atoms with Crippen LogP contribution in [0.3, 0.4) is 0 Å². The number of hydrogen-bond donors (Lipinski definition) is 1. The number of amidine groups is 1. The van der Waals surface area contributed by atoms with Crippen molar-refractivity contribution < 1.29 is 28.8 Å². The minimum Gasteiger partial charge on any atom is -0.497 e. The lowest BCUT2D eigenvalue weighted by molar-refractivity contribution is -0.205. The van der Waals surface area contributed by atoms with Crippen LogP contribution in [-0.2, 0) is 27.4 Å². The number of aliphatic imine (C=N–C) groups is 1. The van der Waals surface area contributed by atoms with Crippen LogP contribution in [0, 0.1) is 0 Å².